The van der Waals surface area contributed by atoms with Crippen molar-refractivity contribution in [3.63, 3.8) is 0 Å². The average molecular weight is 486 g/mol. The van der Waals surface area contributed by atoms with Gasteiger partial charge in [0.15, 0.2) is 6.20 Å². The van der Waals surface area contributed by atoms with Crippen molar-refractivity contribution in [1.29, 1.82) is 0 Å². The summed E-state index contributed by atoms with van der Waals surface area (Å²) in [5.74, 6) is -1.38. The molecule has 0 saturated carbocycles. The van der Waals surface area contributed by atoms with Crippen molar-refractivity contribution in [3.8, 4) is 0 Å². The van der Waals surface area contributed by atoms with Crippen LogP contribution in [0.25, 0.3) is 22.6 Å². The molecule has 0 unspecified atom stereocenters. The van der Waals surface area contributed by atoms with Crippen molar-refractivity contribution < 1.29 is 24.0 Å². The lowest BCUT2D eigenvalue weighted by atomic mass is 9.94. The van der Waals surface area contributed by atoms with E-state index in [0.717, 1.165) is 33.3 Å². The minimum absolute atomic E-state index is 0.0000737. The Morgan fingerprint density at radius 1 is 1.17 bits per heavy atom. The Labute approximate surface area is 209 Å². The fourth-order valence-corrected chi connectivity index (χ4v) is 4.86. The van der Waals surface area contributed by atoms with Gasteiger partial charge in [-0.1, -0.05) is 30.3 Å². The lowest BCUT2D eigenvalue weighted by molar-refractivity contribution is -0.644. The Morgan fingerprint density at radius 3 is 2.64 bits per heavy atom. The smallest absolute Gasteiger partial charge is 0.323 e. The van der Waals surface area contributed by atoms with E-state index in [1.54, 1.807) is 0 Å². The first-order chi connectivity index (χ1) is 17.4. The molecule has 0 radical (unpaired) electrons. The molecule has 1 saturated heterocycles. The fraction of sp³-hybridized carbons (Fsp3) is 0.250. The largest absolute Gasteiger partial charge is 0.480 e. The molecule has 1 aromatic heterocycles. The average Bonchev–Trinajstić information content (AvgIpc) is 2.86. The number of para-hydroxylation sites is 2. The third-order valence-electron chi connectivity index (χ3n) is 6.94. The van der Waals surface area contributed by atoms with Gasteiger partial charge in [0.2, 0.25) is 11.4 Å². The number of nitrogens with zero attached hydrogens (tertiary/aromatic N) is 3. The number of nitrogens with two attached hydrogens (primary N) is 1. The SMILES string of the molecule is C[n+]1ccc(/C=C2/C=CN(CC(=O)N(CC(=O)O)C3(CN)COC3)c3ccccc32)c2ccccc21. The Hall–Kier alpha value is -4.01. The second kappa shape index (κ2) is 9.56. The van der Waals surface area contributed by atoms with Gasteiger partial charge in [-0.3, -0.25) is 9.59 Å². The number of hydrogen-bond acceptors (Lipinski definition) is 5. The first-order valence-corrected chi connectivity index (χ1v) is 11.9. The molecule has 2 aliphatic heterocycles. The molecule has 36 heavy (non-hydrogen) atoms. The fourth-order valence-electron chi connectivity index (χ4n) is 4.86. The number of pyridine rings is 1. The van der Waals surface area contributed by atoms with E-state index in [0.29, 0.717) is 0 Å². The lowest BCUT2D eigenvalue weighted by Gasteiger charge is -2.48. The number of benzene rings is 2. The number of aromatic nitrogens is 1. The number of aryl methyl sites for hydroxylation is 1. The number of carbonyl (C=O) groups excluding carboxylic acids is 1. The maximum absolute atomic E-state index is 13.4. The van der Waals surface area contributed by atoms with Crippen molar-refractivity contribution in [2.45, 2.75) is 5.54 Å². The molecular weight excluding hydrogens is 456 g/mol. The summed E-state index contributed by atoms with van der Waals surface area (Å²) in [6, 6.07) is 18.3. The van der Waals surface area contributed by atoms with Crippen molar-refractivity contribution in [3.05, 3.63) is 84.2 Å². The van der Waals surface area contributed by atoms with Gasteiger partial charge >= 0.3 is 5.97 Å². The predicted molar refractivity (Wildman–Crippen MR) is 138 cm³/mol. The highest BCUT2D eigenvalue weighted by molar-refractivity contribution is 6.00. The number of allylic oxidation sites excluding steroid dienone is 2. The Balaban J connectivity index is 1.47. The monoisotopic (exact) mass is 485 g/mol. The molecule has 3 aromatic rings. The van der Waals surface area contributed by atoms with Gasteiger partial charge in [-0.15, -0.1) is 0 Å². The molecule has 8 heteroatoms. The van der Waals surface area contributed by atoms with Crippen molar-refractivity contribution in [2.75, 3.05) is 37.7 Å². The van der Waals surface area contributed by atoms with Crippen molar-refractivity contribution in [2.24, 2.45) is 12.8 Å². The standard InChI is InChI=1S/C28H28N4O4/c1-30-12-10-20(22-6-2-4-8-24(22)30)14-21-11-13-31(25-9-5-3-7-23(21)25)15-26(33)32(16-27(34)35)28(17-29)18-36-19-28/h2-14H,15-19,29H2,1H3/p+1. The minimum Gasteiger partial charge on any atom is -0.480 e. The molecule has 2 aliphatic rings. The number of hydrogen-bond donors (Lipinski definition) is 2. The molecule has 5 rings (SSSR count). The number of ether oxygens (including phenoxy) is 1. The van der Waals surface area contributed by atoms with Gasteiger partial charge in [-0.25, -0.2) is 4.57 Å². The van der Waals surface area contributed by atoms with Crippen LogP contribution in [0.15, 0.2) is 73.1 Å². The summed E-state index contributed by atoms with van der Waals surface area (Å²) >= 11 is 0. The molecule has 0 spiro atoms. The quantitative estimate of drug-likeness (QED) is 0.498. The molecule has 0 aliphatic carbocycles. The topological polar surface area (TPSA) is 100.0 Å². The van der Waals surface area contributed by atoms with Gasteiger partial charge < -0.3 is 25.4 Å². The highest BCUT2D eigenvalue weighted by Gasteiger charge is 2.46. The molecular formula is C28H29N4O4+. The molecule has 184 valence electrons. The van der Waals surface area contributed by atoms with Gasteiger partial charge in [0.05, 0.1) is 18.6 Å². The van der Waals surface area contributed by atoms with E-state index in [4.69, 9.17) is 10.5 Å². The zero-order chi connectivity index (χ0) is 25.3. The highest BCUT2D eigenvalue weighted by Crippen LogP contribution is 2.35. The maximum Gasteiger partial charge on any atom is 0.323 e. The van der Waals surface area contributed by atoms with Crippen LogP contribution >= 0.6 is 0 Å². The number of anilines is 1. The van der Waals surface area contributed by atoms with E-state index in [1.807, 2.05) is 66.8 Å². The molecule has 2 aromatic carbocycles. The predicted octanol–water partition coefficient (Wildman–Crippen LogP) is 2.18. The maximum atomic E-state index is 13.4. The van der Waals surface area contributed by atoms with Crippen molar-refractivity contribution in [1.82, 2.24) is 4.90 Å². The third-order valence-corrected chi connectivity index (χ3v) is 6.94. The van der Waals surface area contributed by atoms with Gasteiger partial charge in [0.25, 0.3) is 0 Å². The number of carboxylic acids is 1. The Morgan fingerprint density at radius 2 is 1.92 bits per heavy atom. The Bertz CT molecular complexity index is 1390. The summed E-state index contributed by atoms with van der Waals surface area (Å²) in [6.07, 6.45) is 8.07. The van der Waals surface area contributed by atoms with Crippen molar-refractivity contribution >= 4 is 40.1 Å². The Kier molecular flexibility index (Phi) is 6.30. The van der Waals surface area contributed by atoms with E-state index in [2.05, 4.69) is 28.8 Å². The first kappa shape index (κ1) is 23.7. The van der Waals surface area contributed by atoms with Crippen LogP contribution in [0.3, 0.4) is 0 Å². The van der Waals surface area contributed by atoms with Crippen LogP contribution in [0.1, 0.15) is 11.1 Å². The van der Waals surface area contributed by atoms with Crippen LogP contribution in [0.2, 0.25) is 0 Å². The molecule has 3 heterocycles. The molecule has 8 nitrogen and oxygen atoms in total. The van der Waals surface area contributed by atoms with E-state index < -0.39 is 18.1 Å². The van der Waals surface area contributed by atoms with Gasteiger partial charge in [0, 0.05) is 36.1 Å². The van der Waals surface area contributed by atoms with E-state index >= 15 is 0 Å². The highest BCUT2D eigenvalue weighted by atomic mass is 16.5. The van der Waals surface area contributed by atoms with Crippen LogP contribution in [0, 0.1) is 0 Å². The zero-order valence-corrected chi connectivity index (χ0v) is 20.1. The van der Waals surface area contributed by atoms with E-state index in [9.17, 15) is 14.7 Å². The summed E-state index contributed by atoms with van der Waals surface area (Å²) < 4.78 is 7.39. The number of carboxylic acid groups (broad SMARTS) is 1. The van der Waals surface area contributed by atoms with Crippen LogP contribution in [0.5, 0.6) is 0 Å². The minimum atomic E-state index is -1.08. The third kappa shape index (κ3) is 4.25. The second-order valence-electron chi connectivity index (χ2n) is 9.25. The van der Waals surface area contributed by atoms with E-state index in [1.165, 1.54) is 4.90 Å². The zero-order valence-electron chi connectivity index (χ0n) is 20.1. The number of carbonyl (C=O) groups is 2. The molecule has 0 bridgehead atoms. The van der Waals surface area contributed by atoms with E-state index in [-0.39, 0.29) is 32.2 Å². The summed E-state index contributed by atoms with van der Waals surface area (Å²) in [4.78, 5) is 28.1. The number of fused-ring (bicyclic) bond motifs is 2. The first-order valence-electron chi connectivity index (χ1n) is 11.9. The van der Waals surface area contributed by atoms with Gasteiger partial charge in [0.1, 0.15) is 25.7 Å². The molecule has 1 fully saturated rings. The second-order valence-corrected chi connectivity index (χ2v) is 9.25. The van der Waals surface area contributed by atoms with Gasteiger partial charge in [-0.05, 0) is 35.4 Å². The lowest BCUT2D eigenvalue weighted by Crippen LogP contribution is -2.69. The summed E-state index contributed by atoms with van der Waals surface area (Å²) in [5, 5.41) is 10.6. The molecule has 3 N–H and O–H groups in total. The summed E-state index contributed by atoms with van der Waals surface area (Å²) in [5.41, 5.74) is 10.3. The van der Waals surface area contributed by atoms with Gasteiger partial charge in [-0.2, -0.15) is 0 Å². The number of rotatable bonds is 7. The van der Waals surface area contributed by atoms with Crippen LogP contribution in [0.4, 0.5) is 5.69 Å². The van der Waals surface area contributed by atoms with Crippen LogP contribution < -0.4 is 15.2 Å². The number of amides is 1. The summed E-state index contributed by atoms with van der Waals surface area (Å²) in [6.45, 7) is 0.214. The number of aliphatic carboxylic acids is 1. The van der Waals surface area contributed by atoms with Crippen LogP contribution in [-0.2, 0) is 21.4 Å². The molecule has 0 atom stereocenters. The normalized spacial score (nSPS) is 17.1. The van der Waals surface area contributed by atoms with Crippen LogP contribution in [-0.4, -0.2) is 60.3 Å². The molecule has 1 amide bonds. The summed E-state index contributed by atoms with van der Waals surface area (Å²) in [7, 11) is 2.03.